The summed E-state index contributed by atoms with van der Waals surface area (Å²) >= 11 is 0. The highest BCUT2D eigenvalue weighted by molar-refractivity contribution is 5.74. The molecule has 6 heteroatoms. The number of benzene rings is 1. The van der Waals surface area contributed by atoms with Crippen molar-refractivity contribution in [1.29, 1.82) is 0 Å². The molecule has 4 rings (SSSR count). The molecule has 0 spiro atoms. The van der Waals surface area contributed by atoms with Gasteiger partial charge in [0.15, 0.2) is 0 Å². The molecular formula is C18H22N6. The van der Waals surface area contributed by atoms with E-state index >= 15 is 0 Å². The summed E-state index contributed by atoms with van der Waals surface area (Å²) in [5.41, 5.74) is 2.19. The zero-order valence-electron chi connectivity index (χ0n) is 13.7. The van der Waals surface area contributed by atoms with Crippen LogP contribution in [-0.4, -0.2) is 57.6 Å². The average Bonchev–Trinajstić information content (AvgIpc) is 3.06. The molecule has 124 valence electrons. The molecule has 0 aliphatic carbocycles. The van der Waals surface area contributed by atoms with E-state index in [-0.39, 0.29) is 0 Å². The maximum Gasteiger partial charge on any atom is 0.225 e. The number of aryl methyl sites for hydroxylation is 1. The van der Waals surface area contributed by atoms with Crippen molar-refractivity contribution in [3.8, 4) is 0 Å². The Kier molecular flexibility index (Phi) is 4.38. The highest BCUT2D eigenvalue weighted by Crippen LogP contribution is 2.13. The van der Waals surface area contributed by atoms with Crippen LogP contribution in [0.4, 0.5) is 5.95 Å². The van der Waals surface area contributed by atoms with Gasteiger partial charge in [0.2, 0.25) is 5.95 Å². The lowest BCUT2D eigenvalue weighted by molar-refractivity contribution is 0.253. The van der Waals surface area contributed by atoms with Crippen molar-refractivity contribution in [2.45, 2.75) is 12.8 Å². The summed E-state index contributed by atoms with van der Waals surface area (Å²) in [6, 6.07) is 10.1. The summed E-state index contributed by atoms with van der Waals surface area (Å²) in [4.78, 5) is 21.5. The molecule has 3 aromatic rings. The maximum atomic E-state index is 4.65. The molecule has 24 heavy (non-hydrogen) atoms. The van der Waals surface area contributed by atoms with Crippen LogP contribution in [0.25, 0.3) is 11.0 Å². The molecule has 0 unspecified atom stereocenters. The van der Waals surface area contributed by atoms with Gasteiger partial charge in [0.1, 0.15) is 5.82 Å². The number of fused-ring (bicyclic) bond motifs is 1. The van der Waals surface area contributed by atoms with Crippen molar-refractivity contribution in [3.05, 3.63) is 48.5 Å². The molecule has 6 nitrogen and oxygen atoms in total. The molecule has 0 amide bonds. The number of hydrogen-bond donors (Lipinski definition) is 1. The number of nitrogens with one attached hydrogen (secondary N) is 1. The minimum Gasteiger partial charge on any atom is -0.342 e. The smallest absolute Gasteiger partial charge is 0.225 e. The molecule has 1 aliphatic heterocycles. The molecule has 0 radical (unpaired) electrons. The van der Waals surface area contributed by atoms with E-state index in [1.807, 2.05) is 30.6 Å². The van der Waals surface area contributed by atoms with Gasteiger partial charge in [0, 0.05) is 45.0 Å². The summed E-state index contributed by atoms with van der Waals surface area (Å²) in [5, 5.41) is 0. The molecule has 3 heterocycles. The largest absolute Gasteiger partial charge is 0.342 e. The standard InChI is InChI=1S/C18H22N6/c1-2-6-16-15(5-1)21-17(22-16)7-3-10-23-11-13-24(14-12-23)18-19-8-4-9-20-18/h1-2,4-6,8-9H,3,7,10-14H2,(H,21,22). The van der Waals surface area contributed by atoms with E-state index < -0.39 is 0 Å². The molecule has 1 aromatic carbocycles. The van der Waals surface area contributed by atoms with Crippen molar-refractivity contribution >= 4 is 17.0 Å². The molecule has 0 atom stereocenters. The van der Waals surface area contributed by atoms with Crippen LogP contribution < -0.4 is 4.90 Å². The minimum absolute atomic E-state index is 0.847. The van der Waals surface area contributed by atoms with Gasteiger partial charge in [-0.1, -0.05) is 12.1 Å². The van der Waals surface area contributed by atoms with Crippen molar-refractivity contribution in [3.63, 3.8) is 0 Å². The van der Waals surface area contributed by atoms with Crippen LogP contribution in [0.5, 0.6) is 0 Å². The van der Waals surface area contributed by atoms with Gasteiger partial charge in [-0.2, -0.15) is 0 Å². The lowest BCUT2D eigenvalue weighted by Gasteiger charge is -2.34. The number of aromatic amines is 1. The number of hydrogen-bond acceptors (Lipinski definition) is 5. The van der Waals surface area contributed by atoms with Gasteiger partial charge >= 0.3 is 0 Å². The van der Waals surface area contributed by atoms with E-state index in [0.29, 0.717) is 0 Å². The third-order valence-corrected chi connectivity index (χ3v) is 4.53. The number of aromatic nitrogens is 4. The number of H-pyrrole nitrogens is 1. The van der Waals surface area contributed by atoms with E-state index in [9.17, 15) is 0 Å². The first-order chi connectivity index (χ1) is 11.9. The summed E-state index contributed by atoms with van der Waals surface area (Å²) < 4.78 is 0. The van der Waals surface area contributed by atoms with Crippen molar-refractivity contribution in [2.24, 2.45) is 0 Å². The van der Waals surface area contributed by atoms with Gasteiger partial charge in [0.25, 0.3) is 0 Å². The summed E-state index contributed by atoms with van der Waals surface area (Å²) in [6.07, 6.45) is 5.74. The first-order valence-electron chi connectivity index (χ1n) is 8.56. The van der Waals surface area contributed by atoms with Crippen LogP contribution in [0, 0.1) is 0 Å². The Labute approximate surface area is 141 Å². The molecule has 1 fully saturated rings. The van der Waals surface area contributed by atoms with Gasteiger partial charge in [-0.05, 0) is 31.2 Å². The van der Waals surface area contributed by atoms with Crippen molar-refractivity contribution < 1.29 is 0 Å². The summed E-state index contributed by atoms with van der Waals surface area (Å²) in [7, 11) is 0. The van der Waals surface area contributed by atoms with Gasteiger partial charge in [0.05, 0.1) is 11.0 Å². The molecule has 0 bridgehead atoms. The van der Waals surface area contributed by atoms with E-state index in [1.165, 1.54) is 0 Å². The van der Waals surface area contributed by atoms with E-state index in [4.69, 9.17) is 0 Å². The second kappa shape index (κ2) is 6.97. The van der Waals surface area contributed by atoms with Gasteiger partial charge < -0.3 is 9.88 Å². The topological polar surface area (TPSA) is 60.9 Å². The molecular weight excluding hydrogens is 300 g/mol. The van der Waals surface area contributed by atoms with Gasteiger partial charge in [-0.15, -0.1) is 0 Å². The van der Waals surface area contributed by atoms with Gasteiger partial charge in [-0.3, -0.25) is 4.90 Å². The fourth-order valence-corrected chi connectivity index (χ4v) is 3.22. The number of anilines is 1. The third kappa shape index (κ3) is 3.38. The highest BCUT2D eigenvalue weighted by Gasteiger charge is 2.18. The minimum atomic E-state index is 0.847. The molecule has 1 aliphatic rings. The Morgan fingerprint density at radius 2 is 1.75 bits per heavy atom. The molecule has 2 aromatic heterocycles. The van der Waals surface area contributed by atoms with Crippen LogP contribution in [0.3, 0.4) is 0 Å². The average molecular weight is 322 g/mol. The van der Waals surface area contributed by atoms with Crippen LogP contribution in [-0.2, 0) is 6.42 Å². The highest BCUT2D eigenvalue weighted by atomic mass is 15.3. The summed E-state index contributed by atoms with van der Waals surface area (Å²) in [5.74, 6) is 1.94. The Balaban J connectivity index is 1.24. The van der Waals surface area contributed by atoms with E-state index in [0.717, 1.165) is 68.4 Å². The first-order valence-corrected chi connectivity index (χ1v) is 8.56. The van der Waals surface area contributed by atoms with E-state index in [2.05, 4.69) is 41.9 Å². The number of para-hydroxylation sites is 2. The Hall–Kier alpha value is -2.47. The predicted molar refractivity (Wildman–Crippen MR) is 95.1 cm³/mol. The zero-order chi connectivity index (χ0) is 16.2. The molecule has 0 saturated carbocycles. The normalized spacial score (nSPS) is 15.9. The quantitative estimate of drug-likeness (QED) is 0.779. The number of rotatable bonds is 5. The fourth-order valence-electron chi connectivity index (χ4n) is 3.22. The first kappa shape index (κ1) is 15.1. The zero-order valence-corrected chi connectivity index (χ0v) is 13.7. The van der Waals surface area contributed by atoms with Crippen LogP contribution in [0.1, 0.15) is 12.2 Å². The lowest BCUT2D eigenvalue weighted by atomic mass is 10.2. The Bertz CT molecular complexity index is 743. The number of nitrogens with zero attached hydrogens (tertiary/aromatic N) is 5. The van der Waals surface area contributed by atoms with Crippen molar-refractivity contribution in [1.82, 2.24) is 24.8 Å². The second-order valence-electron chi connectivity index (χ2n) is 6.18. The monoisotopic (exact) mass is 322 g/mol. The lowest BCUT2D eigenvalue weighted by Crippen LogP contribution is -2.47. The second-order valence-corrected chi connectivity index (χ2v) is 6.18. The van der Waals surface area contributed by atoms with Gasteiger partial charge in [-0.25, -0.2) is 15.0 Å². The fraction of sp³-hybridized carbons (Fsp3) is 0.389. The Morgan fingerprint density at radius 3 is 2.54 bits per heavy atom. The molecule has 1 saturated heterocycles. The maximum absolute atomic E-state index is 4.65. The van der Waals surface area contributed by atoms with Crippen molar-refractivity contribution in [2.75, 3.05) is 37.6 Å². The molecule has 1 N–H and O–H groups in total. The van der Waals surface area contributed by atoms with Crippen LogP contribution in [0.2, 0.25) is 0 Å². The summed E-state index contributed by atoms with van der Waals surface area (Å²) in [6.45, 7) is 5.24. The number of imidazole rings is 1. The Morgan fingerprint density at radius 1 is 0.958 bits per heavy atom. The number of piperazine rings is 1. The predicted octanol–water partition coefficient (Wildman–Crippen LogP) is 2.11. The third-order valence-electron chi connectivity index (χ3n) is 4.53. The SMILES string of the molecule is c1cnc(N2CCN(CCCc3nc4ccccc4[nH]3)CC2)nc1. The van der Waals surface area contributed by atoms with E-state index in [1.54, 1.807) is 0 Å². The van der Waals surface area contributed by atoms with Crippen LogP contribution >= 0.6 is 0 Å². The van der Waals surface area contributed by atoms with Crippen LogP contribution in [0.15, 0.2) is 42.7 Å².